The summed E-state index contributed by atoms with van der Waals surface area (Å²) in [6.07, 6.45) is 55.6. The SMILES string of the molecule is CCCCCCCCC/C=C/C=C/CCCCCC(=O)NC(COP(=O)(O)OCC[N+](C)(C)C)C(/C=C/CCCCCCCCCCC)OC(=O)CCCCCCCCCCCCCCCC. The van der Waals surface area contributed by atoms with Gasteiger partial charge in [0.15, 0.2) is 0 Å². The van der Waals surface area contributed by atoms with Crippen LogP contribution in [0.4, 0.5) is 0 Å². The highest BCUT2D eigenvalue weighted by molar-refractivity contribution is 7.47. The van der Waals surface area contributed by atoms with Gasteiger partial charge in [0.1, 0.15) is 19.3 Å². The van der Waals surface area contributed by atoms with E-state index in [1.165, 1.54) is 161 Å². The topological polar surface area (TPSA) is 111 Å². The monoisotopic (exact) mass is 966 g/mol. The van der Waals surface area contributed by atoms with E-state index in [9.17, 15) is 19.0 Å². The second-order valence-electron chi connectivity index (χ2n) is 20.5. The van der Waals surface area contributed by atoms with Gasteiger partial charge in [0, 0.05) is 12.8 Å². The average molecular weight is 966 g/mol. The summed E-state index contributed by atoms with van der Waals surface area (Å²) in [7, 11) is 1.49. The molecule has 0 aliphatic heterocycles. The molecule has 0 aliphatic rings. The van der Waals surface area contributed by atoms with Crippen molar-refractivity contribution in [2.45, 2.75) is 277 Å². The highest BCUT2D eigenvalue weighted by Gasteiger charge is 2.30. The van der Waals surface area contributed by atoms with E-state index in [4.69, 9.17) is 13.8 Å². The predicted octanol–water partition coefficient (Wildman–Crippen LogP) is 16.8. The lowest BCUT2D eigenvalue weighted by molar-refractivity contribution is -0.870. The van der Waals surface area contributed by atoms with Crippen LogP contribution in [0.1, 0.15) is 265 Å². The van der Waals surface area contributed by atoms with E-state index < -0.39 is 20.0 Å². The summed E-state index contributed by atoms with van der Waals surface area (Å²) in [5.41, 5.74) is 0. The van der Waals surface area contributed by atoms with Gasteiger partial charge in [-0.1, -0.05) is 231 Å². The van der Waals surface area contributed by atoms with Crippen molar-refractivity contribution in [2.24, 2.45) is 0 Å². The second-order valence-corrected chi connectivity index (χ2v) is 22.0. The molecule has 0 aromatic heterocycles. The Balaban J connectivity index is 5.37. The Morgan fingerprint density at radius 2 is 0.896 bits per heavy atom. The summed E-state index contributed by atoms with van der Waals surface area (Å²) in [6, 6.07) is -0.856. The Bertz CT molecular complexity index is 1250. The number of esters is 1. The van der Waals surface area contributed by atoms with E-state index in [-0.39, 0.29) is 31.5 Å². The van der Waals surface area contributed by atoms with Crippen molar-refractivity contribution in [3.63, 3.8) is 0 Å². The van der Waals surface area contributed by atoms with Crippen LogP contribution in [-0.4, -0.2) is 74.3 Å². The van der Waals surface area contributed by atoms with Crippen molar-refractivity contribution >= 4 is 19.7 Å². The first-order valence-electron chi connectivity index (χ1n) is 28.3. The number of phosphoric ester groups is 1. The van der Waals surface area contributed by atoms with Gasteiger partial charge in [-0.2, -0.15) is 0 Å². The number of likely N-dealkylation sites (N-methyl/N-ethyl adjacent to an activating group) is 1. The van der Waals surface area contributed by atoms with Gasteiger partial charge in [0.2, 0.25) is 5.91 Å². The number of allylic oxidation sites excluding steroid dienone is 5. The van der Waals surface area contributed by atoms with E-state index in [0.29, 0.717) is 23.9 Å². The van der Waals surface area contributed by atoms with Crippen LogP contribution in [0.2, 0.25) is 0 Å². The van der Waals surface area contributed by atoms with E-state index >= 15 is 0 Å². The molecular formula is C57H110N2O7P+. The number of ether oxygens (including phenoxy) is 1. The first-order valence-corrected chi connectivity index (χ1v) is 29.8. The second kappa shape index (κ2) is 47.9. The van der Waals surface area contributed by atoms with Gasteiger partial charge in [0.05, 0.1) is 33.8 Å². The quantitative estimate of drug-likeness (QED) is 0.0156. The molecule has 0 saturated heterocycles. The molecular weight excluding hydrogens is 856 g/mol. The number of hydrogen-bond donors (Lipinski definition) is 2. The molecule has 0 radical (unpaired) electrons. The number of quaternary nitrogens is 1. The van der Waals surface area contributed by atoms with Crippen molar-refractivity contribution in [3.8, 4) is 0 Å². The molecule has 3 atom stereocenters. The van der Waals surface area contributed by atoms with Crippen LogP contribution in [0.15, 0.2) is 36.5 Å². The fraction of sp³-hybridized carbons (Fsp3) is 0.860. The molecule has 2 N–H and O–H groups in total. The van der Waals surface area contributed by atoms with E-state index in [1.807, 2.05) is 33.3 Å². The molecule has 0 aromatic carbocycles. The van der Waals surface area contributed by atoms with E-state index in [2.05, 4.69) is 50.4 Å². The Hall–Kier alpha value is -1.77. The molecule has 0 fully saturated rings. The summed E-state index contributed by atoms with van der Waals surface area (Å²) < 4.78 is 30.5. The maximum atomic E-state index is 13.5. The molecule has 1 amide bonds. The summed E-state index contributed by atoms with van der Waals surface area (Å²) >= 11 is 0. The Labute approximate surface area is 415 Å². The fourth-order valence-corrected chi connectivity index (χ4v) is 8.90. The molecule has 394 valence electrons. The Morgan fingerprint density at radius 1 is 0.522 bits per heavy atom. The van der Waals surface area contributed by atoms with Crippen LogP contribution in [0.25, 0.3) is 0 Å². The summed E-state index contributed by atoms with van der Waals surface area (Å²) in [5.74, 6) is -0.528. The predicted molar refractivity (Wildman–Crippen MR) is 286 cm³/mol. The van der Waals surface area contributed by atoms with Crippen molar-refractivity contribution in [3.05, 3.63) is 36.5 Å². The first kappa shape index (κ1) is 65.2. The number of phosphoric acid groups is 1. The lowest BCUT2D eigenvalue weighted by Gasteiger charge is -2.27. The number of hydrogen-bond acceptors (Lipinski definition) is 6. The van der Waals surface area contributed by atoms with Crippen LogP contribution in [0, 0.1) is 0 Å². The maximum absolute atomic E-state index is 13.5. The van der Waals surface area contributed by atoms with E-state index in [1.54, 1.807) is 0 Å². The highest BCUT2D eigenvalue weighted by atomic mass is 31.2. The number of rotatable bonds is 51. The molecule has 0 saturated carbocycles. The number of nitrogens with zero attached hydrogens (tertiary/aromatic N) is 1. The molecule has 9 nitrogen and oxygen atoms in total. The average Bonchev–Trinajstić information content (AvgIpc) is 3.28. The van der Waals surface area contributed by atoms with Crippen molar-refractivity contribution < 1.29 is 37.3 Å². The van der Waals surface area contributed by atoms with Crippen LogP contribution in [-0.2, 0) is 27.9 Å². The largest absolute Gasteiger partial charge is 0.472 e. The molecule has 0 heterocycles. The first-order chi connectivity index (χ1) is 32.4. The third-order valence-corrected chi connectivity index (χ3v) is 13.6. The lowest BCUT2D eigenvalue weighted by Crippen LogP contribution is -2.47. The third kappa shape index (κ3) is 49.0. The summed E-state index contributed by atoms with van der Waals surface area (Å²) in [5, 5.41) is 3.03. The molecule has 0 spiro atoms. The van der Waals surface area contributed by atoms with Crippen molar-refractivity contribution in [1.29, 1.82) is 0 Å². The molecule has 10 heteroatoms. The fourth-order valence-electron chi connectivity index (χ4n) is 8.17. The van der Waals surface area contributed by atoms with Gasteiger partial charge in [0.25, 0.3) is 0 Å². The molecule has 0 aromatic rings. The Morgan fingerprint density at radius 3 is 1.33 bits per heavy atom. The lowest BCUT2D eigenvalue weighted by atomic mass is 10.0. The van der Waals surface area contributed by atoms with Gasteiger partial charge in [-0.3, -0.25) is 18.6 Å². The van der Waals surface area contributed by atoms with Crippen molar-refractivity contribution in [1.82, 2.24) is 5.32 Å². The van der Waals surface area contributed by atoms with Crippen LogP contribution in [0.5, 0.6) is 0 Å². The minimum Gasteiger partial charge on any atom is -0.456 e. The standard InChI is InChI=1S/C57H109N2O7P/c1-7-10-13-16-19-22-25-27-29-30-31-34-37-40-43-46-49-56(60)58-54(53-65-67(62,63)64-52-51-59(4,5)6)55(48-45-42-39-36-33-24-21-18-15-12-9-3)66-57(61)50-47-44-41-38-35-32-28-26-23-20-17-14-11-8-2/h29-31,34,45,48,54-55H,7-28,32-33,35-44,46-47,49-53H2,1-6H3,(H-,58,60,62,63)/p+1/b30-29+,34-31+,48-45+. The zero-order valence-corrected chi connectivity index (χ0v) is 45.8. The minimum atomic E-state index is -4.44. The smallest absolute Gasteiger partial charge is 0.456 e. The van der Waals surface area contributed by atoms with Gasteiger partial charge < -0.3 is 19.4 Å². The van der Waals surface area contributed by atoms with Crippen LogP contribution >= 0.6 is 7.82 Å². The third-order valence-electron chi connectivity index (χ3n) is 12.6. The van der Waals surface area contributed by atoms with Gasteiger partial charge in [-0.25, -0.2) is 4.57 Å². The zero-order valence-electron chi connectivity index (χ0n) is 44.9. The normalized spacial score (nSPS) is 14.1. The number of amides is 1. The molecule has 0 rings (SSSR count). The number of carbonyl (C=O) groups is 2. The maximum Gasteiger partial charge on any atom is 0.472 e. The van der Waals surface area contributed by atoms with E-state index in [0.717, 1.165) is 64.2 Å². The minimum absolute atomic E-state index is 0.0370. The number of unbranched alkanes of at least 4 members (excludes halogenated alkanes) is 32. The van der Waals surface area contributed by atoms with Crippen molar-refractivity contribution in [2.75, 3.05) is 40.9 Å². The number of nitrogens with one attached hydrogen (secondary N) is 1. The zero-order chi connectivity index (χ0) is 49.4. The number of carbonyl (C=O) groups excluding carboxylic acids is 2. The molecule has 0 aliphatic carbocycles. The highest BCUT2D eigenvalue weighted by Crippen LogP contribution is 2.43. The summed E-state index contributed by atoms with van der Waals surface area (Å²) in [4.78, 5) is 37.5. The Kier molecular flexibility index (Phi) is 46.6. The van der Waals surface area contributed by atoms with Crippen LogP contribution < -0.4 is 5.32 Å². The summed E-state index contributed by atoms with van der Waals surface area (Å²) in [6.45, 7) is 6.99. The molecule has 0 bridgehead atoms. The van der Waals surface area contributed by atoms with Gasteiger partial charge >= 0.3 is 13.8 Å². The molecule has 67 heavy (non-hydrogen) atoms. The van der Waals surface area contributed by atoms with Gasteiger partial charge in [-0.05, 0) is 57.4 Å². The molecule has 3 unspecified atom stereocenters. The van der Waals surface area contributed by atoms with Crippen LogP contribution in [0.3, 0.4) is 0 Å². The van der Waals surface area contributed by atoms with Gasteiger partial charge in [-0.15, -0.1) is 0 Å².